The van der Waals surface area contributed by atoms with Crippen LogP contribution in [0.2, 0.25) is 5.02 Å². The lowest BCUT2D eigenvalue weighted by Crippen LogP contribution is -1.94. The summed E-state index contributed by atoms with van der Waals surface area (Å²) in [4.78, 5) is 10.3. The van der Waals surface area contributed by atoms with Gasteiger partial charge < -0.3 is 14.6 Å². The van der Waals surface area contributed by atoms with E-state index >= 15 is 0 Å². The predicted octanol–water partition coefficient (Wildman–Crippen LogP) is 3.54. The first-order valence-electron chi connectivity index (χ1n) is 5.94. The average Bonchev–Trinajstić information content (AvgIpc) is 2.49. The maximum Gasteiger partial charge on any atom is 0.273 e. The molecule has 1 N–H and O–H groups in total. The van der Waals surface area contributed by atoms with Gasteiger partial charge in [0.25, 0.3) is 5.69 Å². The molecular formula is C14H12ClNO5. The van der Waals surface area contributed by atoms with Gasteiger partial charge in [-0.05, 0) is 23.8 Å². The van der Waals surface area contributed by atoms with Crippen molar-refractivity contribution in [2.45, 2.75) is 6.61 Å². The quantitative estimate of drug-likeness (QED) is 0.674. The lowest BCUT2D eigenvalue weighted by atomic mass is 10.2. The van der Waals surface area contributed by atoms with Crippen molar-refractivity contribution in [2.24, 2.45) is 0 Å². The van der Waals surface area contributed by atoms with Crippen LogP contribution in [-0.2, 0) is 6.61 Å². The van der Waals surface area contributed by atoms with E-state index in [-0.39, 0.29) is 23.1 Å². The van der Waals surface area contributed by atoms with Gasteiger partial charge in [0.15, 0.2) is 11.5 Å². The molecule has 0 aliphatic heterocycles. The summed E-state index contributed by atoms with van der Waals surface area (Å²) < 4.78 is 10.7. The average molecular weight is 310 g/mol. The van der Waals surface area contributed by atoms with Crippen molar-refractivity contribution in [2.75, 3.05) is 7.11 Å². The lowest BCUT2D eigenvalue weighted by Gasteiger charge is -2.11. The minimum absolute atomic E-state index is 0.117. The van der Waals surface area contributed by atoms with Gasteiger partial charge in [0, 0.05) is 6.07 Å². The van der Waals surface area contributed by atoms with Crippen LogP contribution in [-0.4, -0.2) is 17.1 Å². The van der Waals surface area contributed by atoms with Crippen molar-refractivity contribution in [1.29, 1.82) is 0 Å². The second-order valence-electron chi connectivity index (χ2n) is 4.12. The topological polar surface area (TPSA) is 81.8 Å². The van der Waals surface area contributed by atoms with Gasteiger partial charge in [-0.2, -0.15) is 0 Å². The van der Waals surface area contributed by atoms with Crippen LogP contribution >= 0.6 is 11.6 Å². The smallest absolute Gasteiger partial charge is 0.273 e. The molecule has 21 heavy (non-hydrogen) atoms. The second-order valence-corrected chi connectivity index (χ2v) is 4.52. The molecule has 0 aliphatic carbocycles. The van der Waals surface area contributed by atoms with Crippen LogP contribution in [0.25, 0.3) is 0 Å². The first kappa shape index (κ1) is 15.1. The summed E-state index contributed by atoms with van der Waals surface area (Å²) in [6, 6.07) is 8.80. The Bertz CT molecular complexity index is 674. The Hall–Kier alpha value is -2.31. The Morgan fingerprint density at radius 1 is 1.19 bits per heavy atom. The third-order valence-corrected chi connectivity index (χ3v) is 3.05. The first-order valence-corrected chi connectivity index (χ1v) is 6.32. The zero-order valence-corrected chi connectivity index (χ0v) is 11.8. The Morgan fingerprint density at radius 3 is 2.48 bits per heavy atom. The van der Waals surface area contributed by atoms with Crippen molar-refractivity contribution in [1.82, 2.24) is 0 Å². The molecule has 2 rings (SSSR count). The van der Waals surface area contributed by atoms with Crippen LogP contribution in [0.3, 0.4) is 0 Å². The molecule has 0 spiro atoms. The fourth-order valence-electron chi connectivity index (χ4n) is 1.70. The molecule has 0 aliphatic rings. The van der Waals surface area contributed by atoms with Crippen molar-refractivity contribution < 1.29 is 19.5 Å². The number of rotatable bonds is 5. The summed E-state index contributed by atoms with van der Waals surface area (Å²) in [7, 11) is 1.44. The molecule has 6 nitrogen and oxygen atoms in total. The molecule has 0 aromatic heterocycles. The normalized spacial score (nSPS) is 10.2. The van der Waals surface area contributed by atoms with Crippen LogP contribution in [0.5, 0.6) is 17.2 Å². The fraction of sp³-hybridized carbons (Fsp3) is 0.143. The number of methoxy groups -OCH3 is 1. The Kier molecular flexibility index (Phi) is 4.62. The molecule has 0 heterocycles. The molecule has 0 radical (unpaired) electrons. The summed E-state index contributed by atoms with van der Waals surface area (Å²) in [5, 5.41) is 20.1. The van der Waals surface area contributed by atoms with Crippen LogP contribution in [0.1, 0.15) is 5.56 Å². The molecule has 0 bridgehead atoms. The van der Waals surface area contributed by atoms with Gasteiger partial charge in [0.2, 0.25) is 0 Å². The molecule has 0 fully saturated rings. The van der Waals surface area contributed by atoms with E-state index in [9.17, 15) is 10.1 Å². The zero-order chi connectivity index (χ0) is 15.4. The van der Waals surface area contributed by atoms with Gasteiger partial charge >= 0.3 is 0 Å². The molecule has 0 saturated heterocycles. The Morgan fingerprint density at radius 2 is 1.90 bits per heavy atom. The van der Waals surface area contributed by atoms with Gasteiger partial charge in [-0.1, -0.05) is 17.7 Å². The maximum atomic E-state index is 10.8. The van der Waals surface area contributed by atoms with Gasteiger partial charge in [-0.25, -0.2) is 0 Å². The molecule has 0 unspecified atom stereocenters. The fourth-order valence-corrected chi connectivity index (χ4v) is 1.94. The van der Waals surface area contributed by atoms with E-state index < -0.39 is 4.92 Å². The summed E-state index contributed by atoms with van der Waals surface area (Å²) in [5.41, 5.74) is 0.521. The number of aliphatic hydroxyl groups is 1. The number of hydrogen-bond donors (Lipinski definition) is 1. The minimum Gasteiger partial charge on any atom is -0.493 e. The maximum absolute atomic E-state index is 10.8. The number of ether oxygens (including phenoxy) is 2. The number of non-ortho nitro benzene ring substituents is 1. The highest BCUT2D eigenvalue weighted by Crippen LogP contribution is 2.37. The van der Waals surface area contributed by atoms with Crippen LogP contribution in [0, 0.1) is 10.1 Å². The molecule has 7 heteroatoms. The highest BCUT2D eigenvalue weighted by atomic mass is 35.5. The summed E-state index contributed by atoms with van der Waals surface area (Å²) in [5.74, 6) is 0.848. The number of hydrogen-bond acceptors (Lipinski definition) is 5. The second kappa shape index (κ2) is 6.43. The minimum atomic E-state index is -0.525. The van der Waals surface area contributed by atoms with E-state index in [0.717, 1.165) is 0 Å². The lowest BCUT2D eigenvalue weighted by molar-refractivity contribution is -0.384. The Balaban J connectivity index is 2.38. The monoisotopic (exact) mass is 309 g/mol. The number of halogens is 1. The third kappa shape index (κ3) is 3.42. The number of nitro groups is 1. The van der Waals surface area contributed by atoms with Crippen LogP contribution < -0.4 is 9.47 Å². The first-order chi connectivity index (χ1) is 10.0. The number of nitrogens with zero attached hydrogens (tertiary/aromatic N) is 1. The largest absolute Gasteiger partial charge is 0.493 e. The molecule has 0 saturated carbocycles. The molecule has 0 amide bonds. The predicted molar refractivity (Wildman–Crippen MR) is 77.1 cm³/mol. The Labute approximate surface area is 125 Å². The molecule has 110 valence electrons. The summed E-state index contributed by atoms with van der Waals surface area (Å²) in [6.07, 6.45) is 0. The van der Waals surface area contributed by atoms with Gasteiger partial charge in [0.05, 0.1) is 29.7 Å². The third-order valence-electron chi connectivity index (χ3n) is 2.76. The van der Waals surface area contributed by atoms with E-state index in [1.165, 1.54) is 25.3 Å². The highest BCUT2D eigenvalue weighted by molar-refractivity contribution is 6.32. The molecule has 0 atom stereocenters. The zero-order valence-electron chi connectivity index (χ0n) is 11.1. The molecular weight excluding hydrogens is 298 g/mol. The molecule has 2 aromatic carbocycles. The van der Waals surface area contributed by atoms with Crippen molar-refractivity contribution in [3.8, 4) is 17.2 Å². The van der Waals surface area contributed by atoms with E-state index in [0.29, 0.717) is 17.1 Å². The van der Waals surface area contributed by atoms with Crippen molar-refractivity contribution >= 4 is 17.3 Å². The van der Waals surface area contributed by atoms with E-state index in [2.05, 4.69) is 0 Å². The summed E-state index contributed by atoms with van der Waals surface area (Å²) >= 11 is 6.05. The van der Waals surface area contributed by atoms with Gasteiger partial charge in [-0.15, -0.1) is 0 Å². The van der Waals surface area contributed by atoms with Crippen LogP contribution in [0.4, 0.5) is 5.69 Å². The van der Waals surface area contributed by atoms with E-state index in [1.54, 1.807) is 18.2 Å². The highest BCUT2D eigenvalue weighted by Gasteiger charge is 2.14. The molecule has 2 aromatic rings. The summed E-state index contributed by atoms with van der Waals surface area (Å²) in [6.45, 7) is -0.139. The number of aliphatic hydroxyl groups excluding tert-OH is 1. The standard InChI is InChI=1S/C14H12ClNO5/c1-20-13-5-3-10(16(18)19)7-14(13)21-12-4-2-9(8-17)6-11(12)15/h2-7,17H,8H2,1H3. The van der Waals surface area contributed by atoms with E-state index in [1.807, 2.05) is 0 Å². The van der Waals surface area contributed by atoms with E-state index in [4.69, 9.17) is 26.2 Å². The SMILES string of the molecule is COc1ccc([N+](=O)[O-])cc1Oc1ccc(CO)cc1Cl. The van der Waals surface area contributed by atoms with Gasteiger partial charge in [0.1, 0.15) is 5.75 Å². The van der Waals surface area contributed by atoms with Crippen molar-refractivity contribution in [3.63, 3.8) is 0 Å². The van der Waals surface area contributed by atoms with Crippen LogP contribution in [0.15, 0.2) is 36.4 Å². The number of nitro benzene ring substituents is 1. The number of benzene rings is 2. The van der Waals surface area contributed by atoms with Gasteiger partial charge in [-0.3, -0.25) is 10.1 Å². The van der Waals surface area contributed by atoms with Crippen molar-refractivity contribution in [3.05, 3.63) is 57.1 Å².